The molecule has 0 fully saturated rings. The fraction of sp³-hybridized carbons (Fsp3) is 0.833. The molecule has 0 aliphatic heterocycles. The highest BCUT2D eigenvalue weighted by Gasteiger charge is 2.02. The van der Waals surface area contributed by atoms with E-state index in [-0.39, 0.29) is 25.0 Å². The first-order valence-corrected chi connectivity index (χ1v) is 3.24. The minimum absolute atomic E-state index is 0.107. The van der Waals surface area contributed by atoms with E-state index in [9.17, 15) is 4.79 Å². The predicted octanol–water partition coefficient (Wildman–Crippen LogP) is 0.319. The van der Waals surface area contributed by atoms with E-state index in [0.29, 0.717) is 6.54 Å². The van der Waals surface area contributed by atoms with Gasteiger partial charge in [0.2, 0.25) is 0 Å². The molecule has 0 aromatic carbocycles. The lowest BCUT2D eigenvalue weighted by molar-refractivity contribution is -0.147. The normalized spacial score (nSPS) is 12.7. The summed E-state index contributed by atoms with van der Waals surface area (Å²) in [6, 6.07) is 0. The minimum Gasteiger partial charge on any atom is -0.674 e. The summed E-state index contributed by atoms with van der Waals surface area (Å²) in [5, 5.41) is 0. The van der Waals surface area contributed by atoms with Gasteiger partial charge < -0.3 is 16.2 Å². The molecule has 0 rings (SSSR count). The number of carbonyl (C=O) groups is 1. The lowest BCUT2D eigenvalue weighted by atomic mass is 10.4. The molecule has 3 N–H and O–H groups in total. The van der Waals surface area contributed by atoms with Crippen LogP contribution in [-0.2, 0) is 9.53 Å². The van der Waals surface area contributed by atoms with Crippen LogP contribution in [-0.4, -0.2) is 25.2 Å². The molecule has 4 nitrogen and oxygen atoms in total. The number of rotatable bonds is 4. The number of hydrogen-bond donors (Lipinski definition) is 1. The van der Waals surface area contributed by atoms with Gasteiger partial charge in [0.25, 0.3) is 0 Å². The van der Waals surface area contributed by atoms with E-state index in [1.807, 2.05) is 0 Å². The van der Waals surface area contributed by atoms with E-state index in [1.165, 1.54) is 0 Å². The summed E-state index contributed by atoms with van der Waals surface area (Å²) in [4.78, 5) is 10.6. The number of carbonyl (C=O) groups excluding carboxylic acids is 1. The fourth-order valence-electron chi connectivity index (χ4n) is 0.443. The first-order valence-electron chi connectivity index (χ1n) is 3.24. The molecular formula is C6H13N2O2-. The second kappa shape index (κ2) is 5.20. The van der Waals surface area contributed by atoms with Crippen molar-refractivity contribution in [3.63, 3.8) is 0 Å². The van der Waals surface area contributed by atoms with Gasteiger partial charge in [-0.05, 0) is 6.92 Å². The van der Waals surface area contributed by atoms with Gasteiger partial charge >= 0.3 is 5.97 Å². The van der Waals surface area contributed by atoms with Crippen molar-refractivity contribution in [2.75, 3.05) is 13.1 Å². The topological polar surface area (TPSA) is 76.1 Å². The second-order valence-electron chi connectivity index (χ2n) is 2.04. The molecule has 0 aromatic heterocycles. The van der Waals surface area contributed by atoms with Crippen LogP contribution in [0.25, 0.3) is 5.73 Å². The first kappa shape index (κ1) is 9.39. The molecule has 10 heavy (non-hydrogen) atoms. The van der Waals surface area contributed by atoms with Crippen LogP contribution in [0.3, 0.4) is 0 Å². The number of nitrogens with one attached hydrogen (secondary N) is 1. The Balaban J connectivity index is 3.37. The Morgan fingerprint density at radius 1 is 1.80 bits per heavy atom. The van der Waals surface area contributed by atoms with Gasteiger partial charge in [0.15, 0.2) is 0 Å². The van der Waals surface area contributed by atoms with Gasteiger partial charge in [0, 0.05) is 6.54 Å². The Morgan fingerprint density at radius 2 is 2.40 bits per heavy atom. The number of nitrogens with two attached hydrogens (primary N) is 1. The molecule has 0 saturated heterocycles. The van der Waals surface area contributed by atoms with E-state index in [4.69, 9.17) is 16.2 Å². The Morgan fingerprint density at radius 3 is 2.80 bits per heavy atom. The third-order valence-electron chi connectivity index (χ3n) is 0.969. The molecule has 0 saturated carbocycles. The van der Waals surface area contributed by atoms with Crippen molar-refractivity contribution in [3.8, 4) is 0 Å². The quantitative estimate of drug-likeness (QED) is 0.579. The zero-order valence-corrected chi connectivity index (χ0v) is 6.09. The van der Waals surface area contributed by atoms with E-state index >= 15 is 0 Å². The van der Waals surface area contributed by atoms with Gasteiger partial charge in [-0.25, -0.2) is 0 Å². The lowest BCUT2D eigenvalue weighted by Gasteiger charge is -2.13. The molecule has 0 bridgehead atoms. The summed E-state index contributed by atoms with van der Waals surface area (Å²) in [6.07, 6.45) is -0.0660. The molecule has 1 atom stereocenters. The fourth-order valence-corrected chi connectivity index (χ4v) is 0.443. The van der Waals surface area contributed by atoms with Crippen LogP contribution in [0, 0.1) is 0 Å². The van der Waals surface area contributed by atoms with Crippen molar-refractivity contribution in [1.82, 2.24) is 0 Å². The maximum absolute atomic E-state index is 10.6. The summed E-state index contributed by atoms with van der Waals surface area (Å²) in [6.45, 7) is 2.10. The lowest BCUT2D eigenvalue weighted by Crippen LogP contribution is -2.19. The monoisotopic (exact) mass is 145 g/mol. The molecule has 1 unspecified atom stereocenters. The SMILES string of the molecule is CC(C[NH-])OC(=O)CCN. The molecule has 60 valence electrons. The molecule has 0 amide bonds. The third kappa shape index (κ3) is 4.29. The third-order valence-corrected chi connectivity index (χ3v) is 0.969. The van der Waals surface area contributed by atoms with Gasteiger partial charge in [-0.3, -0.25) is 4.79 Å². The molecule has 0 aromatic rings. The zero-order chi connectivity index (χ0) is 7.98. The second-order valence-corrected chi connectivity index (χ2v) is 2.04. The van der Waals surface area contributed by atoms with E-state index in [2.05, 4.69) is 0 Å². The molecule has 0 aliphatic rings. The maximum Gasteiger partial charge on any atom is 0.307 e. The highest BCUT2D eigenvalue weighted by molar-refractivity contribution is 5.69. The van der Waals surface area contributed by atoms with Crippen LogP contribution in [0.2, 0.25) is 0 Å². The summed E-state index contributed by atoms with van der Waals surface area (Å²) < 4.78 is 4.73. The summed E-state index contributed by atoms with van der Waals surface area (Å²) >= 11 is 0. The molecule has 0 aliphatic carbocycles. The summed E-state index contributed by atoms with van der Waals surface area (Å²) in [5.41, 5.74) is 11.9. The van der Waals surface area contributed by atoms with Crippen molar-refractivity contribution >= 4 is 5.97 Å². The van der Waals surface area contributed by atoms with Gasteiger partial charge in [-0.2, -0.15) is 0 Å². The van der Waals surface area contributed by atoms with Crippen molar-refractivity contribution in [3.05, 3.63) is 5.73 Å². The van der Waals surface area contributed by atoms with Gasteiger partial charge in [-0.1, -0.05) is 0 Å². The zero-order valence-electron chi connectivity index (χ0n) is 6.09. The molecule has 0 spiro atoms. The van der Waals surface area contributed by atoms with Crippen molar-refractivity contribution in [2.45, 2.75) is 19.4 Å². The number of esters is 1. The van der Waals surface area contributed by atoms with Crippen LogP contribution < -0.4 is 5.73 Å². The van der Waals surface area contributed by atoms with E-state index in [0.717, 1.165) is 0 Å². The Bertz CT molecular complexity index is 106. The highest BCUT2D eigenvalue weighted by atomic mass is 16.5. The minimum atomic E-state index is -0.317. The maximum atomic E-state index is 10.6. The Kier molecular flexibility index (Phi) is 4.88. The largest absolute Gasteiger partial charge is 0.674 e. The van der Waals surface area contributed by atoms with Crippen molar-refractivity contribution < 1.29 is 9.53 Å². The van der Waals surface area contributed by atoms with E-state index in [1.54, 1.807) is 6.92 Å². The standard InChI is InChI=1S/C6H13N2O2/c1-5(4-8)10-6(9)2-3-7/h5,8H,2-4,7H2,1H3/q-1. The van der Waals surface area contributed by atoms with Crippen LogP contribution in [0.1, 0.15) is 13.3 Å². The molecular weight excluding hydrogens is 132 g/mol. The van der Waals surface area contributed by atoms with Crippen molar-refractivity contribution in [2.24, 2.45) is 5.73 Å². The summed E-state index contributed by atoms with van der Waals surface area (Å²) in [7, 11) is 0. The molecule has 0 heterocycles. The van der Waals surface area contributed by atoms with E-state index < -0.39 is 0 Å². The smallest absolute Gasteiger partial charge is 0.307 e. The molecule has 4 heteroatoms. The predicted molar refractivity (Wildman–Crippen MR) is 38.4 cm³/mol. The first-order chi connectivity index (χ1) is 4.70. The van der Waals surface area contributed by atoms with Gasteiger partial charge in [0.05, 0.1) is 12.5 Å². The summed E-state index contributed by atoms with van der Waals surface area (Å²) in [5.74, 6) is -0.317. The average molecular weight is 145 g/mol. The highest BCUT2D eigenvalue weighted by Crippen LogP contribution is 1.93. The van der Waals surface area contributed by atoms with Crippen LogP contribution in [0.15, 0.2) is 0 Å². The van der Waals surface area contributed by atoms with Gasteiger partial charge in [-0.15, -0.1) is 6.54 Å². The van der Waals surface area contributed by atoms with Crippen molar-refractivity contribution in [1.29, 1.82) is 0 Å². The number of ether oxygens (including phenoxy) is 1. The Hall–Kier alpha value is -0.610. The molecule has 0 radical (unpaired) electrons. The van der Waals surface area contributed by atoms with Crippen LogP contribution in [0.5, 0.6) is 0 Å². The average Bonchev–Trinajstić information content (AvgIpc) is 1.88. The van der Waals surface area contributed by atoms with Crippen LogP contribution >= 0.6 is 0 Å². The van der Waals surface area contributed by atoms with Crippen LogP contribution in [0.4, 0.5) is 0 Å². The Labute approximate surface area is 60.5 Å². The van der Waals surface area contributed by atoms with Gasteiger partial charge in [0.1, 0.15) is 0 Å². The number of hydrogen-bond acceptors (Lipinski definition) is 3.